The Hall–Kier alpha value is -2.52. The fourth-order valence-electron chi connectivity index (χ4n) is 2.54. The minimum Gasteiger partial charge on any atom is -0.495 e. The Morgan fingerprint density at radius 1 is 0.933 bits per heavy atom. The molecule has 0 fully saturated rings. The van der Waals surface area contributed by atoms with Gasteiger partial charge in [0.2, 0.25) is 0 Å². The Morgan fingerprint density at radius 2 is 1.57 bits per heavy atom. The lowest BCUT2D eigenvalue weighted by molar-refractivity contribution is 0.417. The minimum atomic E-state index is -3.98. The second-order valence-electron chi connectivity index (χ2n) is 6.04. The Balaban J connectivity index is 1.80. The zero-order chi connectivity index (χ0) is 21.7. The van der Waals surface area contributed by atoms with E-state index in [4.69, 9.17) is 40.2 Å². The van der Waals surface area contributed by atoms with Gasteiger partial charge in [0.05, 0.1) is 17.8 Å². The molecule has 10 heteroatoms. The van der Waals surface area contributed by atoms with Crippen molar-refractivity contribution in [1.82, 2.24) is 0 Å². The van der Waals surface area contributed by atoms with Gasteiger partial charge in [0.25, 0.3) is 10.0 Å². The first-order chi connectivity index (χ1) is 14.3. The third kappa shape index (κ3) is 5.54. The molecule has 0 amide bonds. The van der Waals surface area contributed by atoms with E-state index in [0.29, 0.717) is 22.1 Å². The largest absolute Gasteiger partial charge is 0.495 e. The van der Waals surface area contributed by atoms with Crippen LogP contribution in [0, 0.1) is 0 Å². The zero-order valence-electron chi connectivity index (χ0n) is 15.6. The number of methoxy groups -OCH3 is 1. The molecule has 3 N–H and O–H groups in total. The third-order valence-corrected chi connectivity index (χ3v) is 6.24. The predicted molar refractivity (Wildman–Crippen MR) is 127 cm³/mol. The Kier molecular flexibility index (Phi) is 7.04. The van der Waals surface area contributed by atoms with Gasteiger partial charge >= 0.3 is 0 Å². The molecule has 0 unspecified atom stereocenters. The molecule has 0 atom stereocenters. The summed E-state index contributed by atoms with van der Waals surface area (Å²) in [6, 6.07) is 18.2. The Labute approximate surface area is 190 Å². The van der Waals surface area contributed by atoms with Gasteiger partial charge < -0.3 is 15.4 Å². The quantitative estimate of drug-likeness (QED) is 0.397. The van der Waals surface area contributed by atoms with Crippen molar-refractivity contribution in [2.75, 3.05) is 22.5 Å². The molecule has 3 rings (SSSR count). The van der Waals surface area contributed by atoms with E-state index in [1.807, 2.05) is 0 Å². The van der Waals surface area contributed by atoms with Crippen LogP contribution >= 0.6 is 35.4 Å². The maximum absolute atomic E-state index is 12.9. The van der Waals surface area contributed by atoms with Gasteiger partial charge in [-0.1, -0.05) is 35.3 Å². The maximum atomic E-state index is 12.9. The van der Waals surface area contributed by atoms with E-state index in [-0.39, 0.29) is 15.0 Å². The topological polar surface area (TPSA) is 79.5 Å². The number of nitrogens with one attached hydrogen (secondary N) is 3. The molecule has 0 aliphatic heterocycles. The van der Waals surface area contributed by atoms with Gasteiger partial charge in [-0.3, -0.25) is 4.72 Å². The summed E-state index contributed by atoms with van der Waals surface area (Å²) in [5.41, 5.74) is 1.48. The summed E-state index contributed by atoms with van der Waals surface area (Å²) in [5, 5.41) is 6.89. The number of benzene rings is 3. The molecule has 0 bridgehead atoms. The van der Waals surface area contributed by atoms with Crippen LogP contribution in [0.1, 0.15) is 0 Å². The summed E-state index contributed by atoms with van der Waals surface area (Å²) >= 11 is 17.3. The Bertz CT molecular complexity index is 1170. The van der Waals surface area contributed by atoms with E-state index in [0.717, 1.165) is 5.69 Å². The molecular weight excluding hydrogens is 465 g/mol. The first-order valence-electron chi connectivity index (χ1n) is 8.57. The zero-order valence-corrected chi connectivity index (χ0v) is 18.8. The highest BCUT2D eigenvalue weighted by molar-refractivity contribution is 7.92. The van der Waals surface area contributed by atoms with E-state index in [1.54, 1.807) is 54.6 Å². The van der Waals surface area contributed by atoms with E-state index in [2.05, 4.69) is 15.4 Å². The van der Waals surface area contributed by atoms with E-state index >= 15 is 0 Å². The van der Waals surface area contributed by atoms with Crippen molar-refractivity contribution in [3.63, 3.8) is 0 Å². The predicted octanol–water partition coefficient (Wildman–Crippen LogP) is 5.61. The number of para-hydroxylation sites is 2. The molecule has 0 aliphatic carbocycles. The average Bonchev–Trinajstić information content (AvgIpc) is 2.71. The highest BCUT2D eigenvalue weighted by atomic mass is 35.5. The molecule has 156 valence electrons. The van der Waals surface area contributed by atoms with Gasteiger partial charge in [-0.05, 0) is 66.8 Å². The van der Waals surface area contributed by atoms with Crippen LogP contribution in [0.5, 0.6) is 5.75 Å². The molecule has 6 nitrogen and oxygen atoms in total. The molecule has 0 aromatic heterocycles. The summed E-state index contributed by atoms with van der Waals surface area (Å²) < 4.78 is 33.5. The summed E-state index contributed by atoms with van der Waals surface area (Å²) in [6.45, 7) is 0. The van der Waals surface area contributed by atoms with Gasteiger partial charge in [0.15, 0.2) is 5.11 Å². The Morgan fingerprint density at radius 3 is 2.27 bits per heavy atom. The molecule has 0 saturated carbocycles. The number of hydrogen-bond donors (Lipinski definition) is 3. The van der Waals surface area contributed by atoms with Gasteiger partial charge in [0.1, 0.15) is 10.6 Å². The monoisotopic (exact) mass is 481 g/mol. The number of hydrogen-bond acceptors (Lipinski definition) is 4. The summed E-state index contributed by atoms with van der Waals surface area (Å²) in [5.74, 6) is 0.389. The summed E-state index contributed by atoms with van der Waals surface area (Å²) in [4.78, 5) is -0.102. The molecule has 0 radical (unpaired) electrons. The van der Waals surface area contributed by atoms with Crippen molar-refractivity contribution in [2.24, 2.45) is 0 Å². The van der Waals surface area contributed by atoms with Crippen LogP contribution in [-0.4, -0.2) is 20.6 Å². The molecule has 0 saturated heterocycles. The molecule has 30 heavy (non-hydrogen) atoms. The highest BCUT2D eigenvalue weighted by Gasteiger charge is 2.20. The number of thiocarbonyl (C=S) groups is 1. The number of halogens is 2. The van der Waals surface area contributed by atoms with Crippen molar-refractivity contribution in [3.8, 4) is 5.75 Å². The van der Waals surface area contributed by atoms with Gasteiger partial charge in [0, 0.05) is 16.4 Å². The van der Waals surface area contributed by atoms with Crippen LogP contribution in [0.25, 0.3) is 0 Å². The minimum absolute atomic E-state index is 0.0690. The summed E-state index contributed by atoms with van der Waals surface area (Å²) in [7, 11) is -2.52. The SMILES string of the molecule is COc1ccccc1NS(=O)(=O)c1cc(NC(=S)Nc2ccc(Cl)cc2)ccc1Cl. The van der Waals surface area contributed by atoms with E-state index in [1.165, 1.54) is 19.2 Å². The van der Waals surface area contributed by atoms with E-state index in [9.17, 15) is 8.42 Å². The fourth-order valence-corrected chi connectivity index (χ4v) is 4.50. The number of anilines is 3. The van der Waals surface area contributed by atoms with Crippen LogP contribution in [0.15, 0.2) is 71.6 Å². The number of rotatable bonds is 6. The molecule has 3 aromatic rings. The molecule has 0 spiro atoms. The lowest BCUT2D eigenvalue weighted by Gasteiger charge is -2.15. The molecule has 0 aliphatic rings. The molecule has 0 heterocycles. The van der Waals surface area contributed by atoms with Crippen LogP contribution in [0.3, 0.4) is 0 Å². The van der Waals surface area contributed by atoms with Crippen molar-refractivity contribution < 1.29 is 13.2 Å². The molecule has 3 aromatic carbocycles. The smallest absolute Gasteiger partial charge is 0.263 e. The van der Waals surface area contributed by atoms with Crippen molar-refractivity contribution in [3.05, 3.63) is 76.8 Å². The van der Waals surface area contributed by atoms with Crippen LogP contribution < -0.4 is 20.1 Å². The second kappa shape index (κ2) is 9.53. The van der Waals surface area contributed by atoms with Crippen molar-refractivity contribution >= 4 is 67.6 Å². The van der Waals surface area contributed by atoms with E-state index < -0.39 is 10.0 Å². The summed E-state index contributed by atoms with van der Waals surface area (Å²) in [6.07, 6.45) is 0. The van der Waals surface area contributed by atoms with Crippen LogP contribution in [0.4, 0.5) is 17.1 Å². The first-order valence-corrected chi connectivity index (χ1v) is 11.2. The standard InChI is InChI=1S/C20H17Cl2N3O3S2/c1-28-18-5-3-2-4-17(18)25-30(26,27)19-12-15(10-11-16(19)22)24-20(29)23-14-8-6-13(21)7-9-14/h2-12,25H,1H3,(H2,23,24,29). The maximum Gasteiger partial charge on any atom is 0.263 e. The molecular formula is C20H17Cl2N3O3S2. The van der Waals surface area contributed by atoms with Crippen molar-refractivity contribution in [2.45, 2.75) is 4.90 Å². The fraction of sp³-hybridized carbons (Fsp3) is 0.0500. The van der Waals surface area contributed by atoms with Crippen LogP contribution in [-0.2, 0) is 10.0 Å². The van der Waals surface area contributed by atoms with Gasteiger partial charge in [-0.15, -0.1) is 0 Å². The highest BCUT2D eigenvalue weighted by Crippen LogP contribution is 2.30. The lowest BCUT2D eigenvalue weighted by Crippen LogP contribution is -2.20. The number of sulfonamides is 1. The van der Waals surface area contributed by atoms with Gasteiger partial charge in [-0.25, -0.2) is 8.42 Å². The van der Waals surface area contributed by atoms with Crippen molar-refractivity contribution in [1.29, 1.82) is 0 Å². The average molecular weight is 482 g/mol. The lowest BCUT2D eigenvalue weighted by atomic mass is 10.3. The first kappa shape index (κ1) is 22.2. The number of ether oxygens (including phenoxy) is 1. The normalized spacial score (nSPS) is 10.9. The second-order valence-corrected chi connectivity index (χ2v) is 8.94. The third-order valence-electron chi connectivity index (χ3n) is 3.93. The van der Waals surface area contributed by atoms with Gasteiger partial charge in [-0.2, -0.15) is 0 Å². The van der Waals surface area contributed by atoms with Crippen LogP contribution in [0.2, 0.25) is 10.0 Å².